The van der Waals surface area contributed by atoms with E-state index in [1.165, 1.54) is 0 Å². The second-order valence-electron chi connectivity index (χ2n) is 4.71. The Balaban J connectivity index is 0.00000256. The van der Waals surface area contributed by atoms with Crippen molar-refractivity contribution in [1.29, 1.82) is 0 Å². The normalized spacial score (nSPS) is 18.0. The highest BCUT2D eigenvalue weighted by Crippen LogP contribution is 2.13. The van der Waals surface area contributed by atoms with Crippen LogP contribution in [0.15, 0.2) is 0 Å². The number of nitrogens with zero attached hydrogens (tertiary/aromatic N) is 1. The molecule has 1 saturated heterocycles. The van der Waals surface area contributed by atoms with Gasteiger partial charge in [-0.3, -0.25) is 9.59 Å². The number of carbonyl (C=O) groups is 2. The van der Waals surface area contributed by atoms with Gasteiger partial charge in [-0.25, -0.2) is 0 Å². The van der Waals surface area contributed by atoms with E-state index in [2.05, 4.69) is 19.2 Å². The van der Waals surface area contributed by atoms with Crippen LogP contribution >= 0.6 is 0 Å². The molecule has 94 valence electrons. The van der Waals surface area contributed by atoms with E-state index < -0.39 is 0 Å². The predicted molar refractivity (Wildman–Crippen MR) is 65.0 cm³/mol. The quantitative estimate of drug-likeness (QED) is 0.773. The molecule has 0 aromatic carbocycles. The van der Waals surface area contributed by atoms with Gasteiger partial charge in [-0.1, -0.05) is 20.8 Å². The van der Waals surface area contributed by atoms with Crippen molar-refractivity contribution in [2.45, 2.75) is 46.1 Å². The first-order valence-electron chi connectivity index (χ1n) is 6.11. The Labute approximate surface area is 98.9 Å². The van der Waals surface area contributed by atoms with Gasteiger partial charge in [0, 0.05) is 33.4 Å². The molecule has 1 N–H and O–H groups in total. The topological polar surface area (TPSA) is 49.4 Å². The maximum absolute atomic E-state index is 11.5. The molecule has 0 aliphatic carbocycles. The van der Waals surface area contributed by atoms with Gasteiger partial charge in [0.25, 0.3) is 0 Å². The van der Waals surface area contributed by atoms with E-state index >= 15 is 0 Å². The van der Waals surface area contributed by atoms with Crippen LogP contribution in [-0.4, -0.2) is 35.8 Å². The maximum Gasteiger partial charge on any atom is 0.222 e. The Bertz CT molecular complexity index is 269. The summed E-state index contributed by atoms with van der Waals surface area (Å²) in [6, 6.07) is 0.0782. The largest absolute Gasteiger partial charge is 0.351 e. The first-order valence-corrected chi connectivity index (χ1v) is 6.11. The van der Waals surface area contributed by atoms with Crippen LogP contribution in [0.5, 0.6) is 0 Å². The van der Waals surface area contributed by atoms with Gasteiger partial charge in [-0.05, 0) is 12.3 Å². The Hall–Kier alpha value is -1.06. The SMILES string of the molecule is CCC(=O)N[C@@H](CN1CCCC1=O)C(C)C.[HH]. The second-order valence-corrected chi connectivity index (χ2v) is 4.71. The molecule has 2 amide bonds. The Morgan fingerprint density at radius 3 is 2.69 bits per heavy atom. The van der Waals surface area contributed by atoms with E-state index in [1.54, 1.807) is 0 Å². The van der Waals surface area contributed by atoms with E-state index in [0.29, 0.717) is 25.3 Å². The average Bonchev–Trinajstić information content (AvgIpc) is 2.63. The lowest BCUT2D eigenvalue weighted by atomic mass is 10.0. The van der Waals surface area contributed by atoms with Crippen LogP contribution in [0.2, 0.25) is 0 Å². The molecule has 1 atom stereocenters. The van der Waals surface area contributed by atoms with Crippen molar-refractivity contribution in [3.63, 3.8) is 0 Å². The maximum atomic E-state index is 11.5. The molecule has 1 rings (SSSR count). The van der Waals surface area contributed by atoms with Crippen LogP contribution in [0.1, 0.15) is 41.5 Å². The highest BCUT2D eigenvalue weighted by molar-refractivity contribution is 5.78. The molecular weight excluding hydrogens is 204 g/mol. The molecule has 0 spiro atoms. The molecule has 1 fully saturated rings. The summed E-state index contributed by atoms with van der Waals surface area (Å²) in [4.78, 5) is 24.7. The van der Waals surface area contributed by atoms with Crippen molar-refractivity contribution < 1.29 is 11.0 Å². The van der Waals surface area contributed by atoms with Gasteiger partial charge in [-0.2, -0.15) is 0 Å². The highest BCUT2D eigenvalue weighted by Gasteiger charge is 2.25. The molecule has 4 heteroatoms. The van der Waals surface area contributed by atoms with Crippen LogP contribution in [0, 0.1) is 5.92 Å². The van der Waals surface area contributed by atoms with E-state index in [-0.39, 0.29) is 19.3 Å². The van der Waals surface area contributed by atoms with Crippen LogP contribution in [0.4, 0.5) is 0 Å². The molecule has 16 heavy (non-hydrogen) atoms. The Morgan fingerprint density at radius 1 is 1.56 bits per heavy atom. The molecular formula is C12H24N2O2. The third kappa shape index (κ3) is 3.51. The summed E-state index contributed by atoms with van der Waals surface area (Å²) in [5, 5.41) is 2.98. The zero-order valence-electron chi connectivity index (χ0n) is 10.5. The third-order valence-corrected chi connectivity index (χ3v) is 3.06. The molecule has 1 aliphatic heterocycles. The van der Waals surface area contributed by atoms with Crippen molar-refractivity contribution in [2.75, 3.05) is 13.1 Å². The van der Waals surface area contributed by atoms with Crippen molar-refractivity contribution in [3.8, 4) is 0 Å². The van der Waals surface area contributed by atoms with E-state index in [1.807, 2.05) is 11.8 Å². The van der Waals surface area contributed by atoms with Crippen molar-refractivity contribution in [1.82, 2.24) is 10.2 Å². The van der Waals surface area contributed by atoms with Crippen molar-refractivity contribution in [3.05, 3.63) is 0 Å². The van der Waals surface area contributed by atoms with E-state index in [0.717, 1.165) is 13.0 Å². The van der Waals surface area contributed by atoms with Crippen LogP contribution < -0.4 is 5.32 Å². The van der Waals surface area contributed by atoms with Crippen LogP contribution in [0.25, 0.3) is 0 Å². The zero-order valence-corrected chi connectivity index (χ0v) is 10.5. The number of nitrogens with one attached hydrogen (secondary N) is 1. The summed E-state index contributed by atoms with van der Waals surface area (Å²) in [6.45, 7) is 7.47. The summed E-state index contributed by atoms with van der Waals surface area (Å²) in [5.41, 5.74) is 0. The molecule has 0 aromatic heterocycles. The van der Waals surface area contributed by atoms with Crippen LogP contribution in [-0.2, 0) is 9.59 Å². The molecule has 0 unspecified atom stereocenters. The van der Waals surface area contributed by atoms with Crippen molar-refractivity contribution in [2.24, 2.45) is 5.92 Å². The lowest BCUT2D eigenvalue weighted by Crippen LogP contribution is -2.46. The second kappa shape index (κ2) is 5.87. The highest BCUT2D eigenvalue weighted by atomic mass is 16.2. The number of amides is 2. The fourth-order valence-electron chi connectivity index (χ4n) is 1.87. The molecule has 0 saturated carbocycles. The fourth-order valence-corrected chi connectivity index (χ4v) is 1.87. The minimum absolute atomic E-state index is 0. The third-order valence-electron chi connectivity index (χ3n) is 3.06. The molecule has 4 nitrogen and oxygen atoms in total. The van der Waals surface area contributed by atoms with Gasteiger partial charge < -0.3 is 10.2 Å². The predicted octanol–water partition coefficient (Wildman–Crippen LogP) is 1.41. The Morgan fingerprint density at radius 2 is 2.25 bits per heavy atom. The lowest BCUT2D eigenvalue weighted by molar-refractivity contribution is -0.129. The number of hydrogen-bond donors (Lipinski definition) is 1. The first-order chi connectivity index (χ1) is 7.54. The number of carbonyl (C=O) groups excluding carboxylic acids is 2. The fraction of sp³-hybridized carbons (Fsp3) is 0.833. The standard InChI is InChI=1S/C12H22N2O2.H2/c1-4-11(15)13-10(9(2)3)8-14-7-5-6-12(14)16;/h9-10H,4-8H2,1-3H3,(H,13,15);1H/t10-;/m0./s1. The minimum atomic E-state index is 0. The van der Waals surface area contributed by atoms with Gasteiger partial charge >= 0.3 is 0 Å². The summed E-state index contributed by atoms with van der Waals surface area (Å²) in [5.74, 6) is 0.630. The molecule has 0 bridgehead atoms. The monoisotopic (exact) mass is 228 g/mol. The summed E-state index contributed by atoms with van der Waals surface area (Å²) >= 11 is 0. The summed E-state index contributed by atoms with van der Waals surface area (Å²) < 4.78 is 0. The van der Waals surface area contributed by atoms with Gasteiger partial charge in [0.2, 0.25) is 11.8 Å². The number of hydrogen-bond acceptors (Lipinski definition) is 2. The Kier molecular flexibility index (Phi) is 4.77. The average molecular weight is 228 g/mol. The zero-order chi connectivity index (χ0) is 12.1. The van der Waals surface area contributed by atoms with Gasteiger partial charge in [0.15, 0.2) is 0 Å². The molecule has 1 aliphatic rings. The van der Waals surface area contributed by atoms with Crippen LogP contribution in [0.3, 0.4) is 0 Å². The number of likely N-dealkylation sites (tertiary alicyclic amines) is 1. The lowest BCUT2D eigenvalue weighted by Gasteiger charge is -2.27. The van der Waals surface area contributed by atoms with Gasteiger partial charge in [-0.15, -0.1) is 0 Å². The number of rotatable bonds is 5. The molecule has 0 aromatic rings. The smallest absolute Gasteiger partial charge is 0.222 e. The minimum Gasteiger partial charge on any atom is -0.351 e. The summed E-state index contributed by atoms with van der Waals surface area (Å²) in [7, 11) is 0. The molecule has 0 radical (unpaired) electrons. The van der Waals surface area contributed by atoms with Crippen molar-refractivity contribution >= 4 is 11.8 Å². The summed E-state index contributed by atoms with van der Waals surface area (Å²) in [6.07, 6.45) is 2.11. The molecule has 1 heterocycles. The first kappa shape index (κ1) is 13.0. The van der Waals surface area contributed by atoms with Gasteiger partial charge in [0.1, 0.15) is 0 Å². The van der Waals surface area contributed by atoms with E-state index in [9.17, 15) is 9.59 Å². The van der Waals surface area contributed by atoms with E-state index in [4.69, 9.17) is 0 Å². The van der Waals surface area contributed by atoms with Gasteiger partial charge in [0.05, 0.1) is 0 Å².